The van der Waals surface area contributed by atoms with Crippen LogP contribution in [-0.4, -0.2) is 0 Å². The minimum absolute atomic E-state index is 1.02. The van der Waals surface area contributed by atoms with Crippen molar-refractivity contribution in [2.45, 2.75) is 53.4 Å². The molecule has 0 aliphatic rings. The molecule has 0 unspecified atom stereocenters. The Morgan fingerprint density at radius 1 is 0.286 bits per heavy atom. The molecule has 0 heterocycles. The van der Waals surface area contributed by atoms with Crippen molar-refractivity contribution in [1.82, 2.24) is 0 Å². The Hall–Kier alpha value is -6.38. The fourth-order valence-corrected chi connectivity index (χ4v) is 7.52. The van der Waals surface area contributed by atoms with E-state index in [-0.39, 0.29) is 0 Å². The first-order valence-electron chi connectivity index (χ1n) is 20.2. The molecule has 2 nitrogen and oxygen atoms in total. The molecule has 0 atom stereocenters. The highest BCUT2D eigenvalue weighted by Crippen LogP contribution is 2.37. The summed E-state index contributed by atoms with van der Waals surface area (Å²) < 4.78 is 0. The van der Waals surface area contributed by atoms with E-state index in [9.17, 15) is 0 Å². The average molecular weight is 729 g/mol. The lowest BCUT2D eigenvalue weighted by Crippen LogP contribution is -2.10. The second-order valence-electron chi connectivity index (χ2n) is 14.2. The highest BCUT2D eigenvalue weighted by Gasteiger charge is 2.15. The van der Waals surface area contributed by atoms with Gasteiger partial charge in [0.15, 0.2) is 0 Å². The van der Waals surface area contributed by atoms with E-state index in [1.54, 1.807) is 0 Å². The number of para-hydroxylation sites is 2. The minimum Gasteiger partial charge on any atom is -0.310 e. The topological polar surface area (TPSA) is 6.48 Å². The summed E-state index contributed by atoms with van der Waals surface area (Å²) in [4.78, 5) is 4.70. The first kappa shape index (κ1) is 37.9. The fourth-order valence-electron chi connectivity index (χ4n) is 7.52. The second kappa shape index (κ2) is 18.3. The van der Waals surface area contributed by atoms with E-state index in [0.29, 0.717) is 0 Å². The summed E-state index contributed by atoms with van der Waals surface area (Å²) in [5.41, 5.74) is 17.3. The lowest BCUT2D eigenvalue weighted by Gasteiger charge is -2.26. The Kier molecular flexibility index (Phi) is 12.4. The zero-order valence-corrected chi connectivity index (χ0v) is 33.2. The highest BCUT2D eigenvalue weighted by molar-refractivity contribution is 5.81. The third kappa shape index (κ3) is 8.94. The molecule has 278 valence electrons. The SMILES string of the molecule is CCc1ccc(N(c2ccccc2)c2ccc(C=Cc3cccc(C=Cc4ccc(N(c5ccccc5)c5ccc(CC)c(CC)c5)cc4)c3)cc2)cc1CC. The van der Waals surface area contributed by atoms with Gasteiger partial charge in [0.25, 0.3) is 0 Å². The van der Waals surface area contributed by atoms with Crippen LogP contribution in [-0.2, 0) is 25.7 Å². The Labute approximate surface area is 334 Å². The van der Waals surface area contributed by atoms with Crippen LogP contribution in [0.5, 0.6) is 0 Å². The summed E-state index contributed by atoms with van der Waals surface area (Å²) in [6.45, 7) is 8.95. The van der Waals surface area contributed by atoms with Gasteiger partial charge < -0.3 is 9.80 Å². The molecule has 0 aliphatic carbocycles. The van der Waals surface area contributed by atoms with Crippen molar-refractivity contribution in [2.75, 3.05) is 9.80 Å². The molecule has 0 fully saturated rings. The van der Waals surface area contributed by atoms with Gasteiger partial charge in [-0.05, 0) is 149 Å². The summed E-state index contributed by atoms with van der Waals surface area (Å²) >= 11 is 0. The summed E-state index contributed by atoms with van der Waals surface area (Å²) in [6.07, 6.45) is 12.9. The van der Waals surface area contributed by atoms with E-state index < -0.39 is 0 Å². The lowest BCUT2D eigenvalue weighted by atomic mass is 10.0. The number of benzene rings is 7. The molecule has 0 spiro atoms. The van der Waals surface area contributed by atoms with Crippen LogP contribution in [0.1, 0.15) is 72.2 Å². The molecule has 0 bridgehead atoms. The molecule has 7 rings (SSSR count). The third-order valence-corrected chi connectivity index (χ3v) is 10.6. The molecule has 0 aromatic heterocycles. The van der Waals surface area contributed by atoms with Gasteiger partial charge in [-0.15, -0.1) is 0 Å². The van der Waals surface area contributed by atoms with E-state index in [1.165, 1.54) is 44.8 Å². The van der Waals surface area contributed by atoms with E-state index in [0.717, 1.165) is 59.6 Å². The minimum atomic E-state index is 1.02. The van der Waals surface area contributed by atoms with Gasteiger partial charge in [-0.2, -0.15) is 0 Å². The highest BCUT2D eigenvalue weighted by atomic mass is 15.1. The van der Waals surface area contributed by atoms with E-state index >= 15 is 0 Å². The molecule has 0 amide bonds. The van der Waals surface area contributed by atoms with E-state index in [4.69, 9.17) is 0 Å². The molecule has 2 heteroatoms. The molecule has 0 N–H and O–H groups in total. The van der Waals surface area contributed by atoms with Crippen LogP contribution in [0.25, 0.3) is 24.3 Å². The van der Waals surface area contributed by atoms with Gasteiger partial charge in [0.2, 0.25) is 0 Å². The second-order valence-corrected chi connectivity index (χ2v) is 14.2. The fraction of sp³-hybridized carbons (Fsp3) is 0.148. The zero-order valence-electron chi connectivity index (χ0n) is 33.2. The van der Waals surface area contributed by atoms with Crippen molar-refractivity contribution in [3.05, 3.63) is 214 Å². The van der Waals surface area contributed by atoms with Gasteiger partial charge >= 0.3 is 0 Å². The third-order valence-electron chi connectivity index (χ3n) is 10.6. The molecule has 7 aromatic rings. The molecular formula is C54H52N2. The number of nitrogens with zero attached hydrogens (tertiary/aromatic N) is 2. The summed E-state index contributed by atoms with van der Waals surface area (Å²) in [5, 5.41) is 0. The van der Waals surface area contributed by atoms with Crippen LogP contribution in [0.2, 0.25) is 0 Å². The van der Waals surface area contributed by atoms with Crippen molar-refractivity contribution in [3.63, 3.8) is 0 Å². The van der Waals surface area contributed by atoms with Crippen molar-refractivity contribution in [3.8, 4) is 0 Å². The van der Waals surface area contributed by atoms with Crippen molar-refractivity contribution < 1.29 is 0 Å². The van der Waals surface area contributed by atoms with Gasteiger partial charge in [-0.25, -0.2) is 0 Å². The maximum atomic E-state index is 2.35. The van der Waals surface area contributed by atoms with E-state index in [2.05, 4.69) is 232 Å². The number of hydrogen-bond acceptors (Lipinski definition) is 2. The summed E-state index contributed by atoms with van der Waals surface area (Å²) in [7, 11) is 0. The van der Waals surface area contributed by atoms with Gasteiger partial charge in [0.05, 0.1) is 0 Å². The molecule has 7 aromatic carbocycles. The predicted molar refractivity (Wildman–Crippen MR) is 244 cm³/mol. The van der Waals surface area contributed by atoms with Crippen LogP contribution in [0, 0.1) is 0 Å². The molecule has 56 heavy (non-hydrogen) atoms. The summed E-state index contributed by atoms with van der Waals surface area (Å²) in [6, 6.07) is 61.5. The van der Waals surface area contributed by atoms with Gasteiger partial charge in [-0.3, -0.25) is 0 Å². The monoisotopic (exact) mass is 728 g/mol. The maximum absolute atomic E-state index is 2.35. The molecule has 0 radical (unpaired) electrons. The van der Waals surface area contributed by atoms with Crippen molar-refractivity contribution in [1.29, 1.82) is 0 Å². The van der Waals surface area contributed by atoms with Crippen molar-refractivity contribution >= 4 is 58.4 Å². The smallest absolute Gasteiger partial charge is 0.0464 e. The number of hydrogen-bond donors (Lipinski definition) is 0. The average Bonchev–Trinajstić information content (AvgIpc) is 3.26. The van der Waals surface area contributed by atoms with Crippen LogP contribution in [0.15, 0.2) is 170 Å². The molecular weight excluding hydrogens is 677 g/mol. The Morgan fingerprint density at radius 2 is 0.625 bits per heavy atom. The first-order chi connectivity index (χ1) is 27.6. The van der Waals surface area contributed by atoms with Crippen molar-refractivity contribution in [2.24, 2.45) is 0 Å². The number of rotatable bonds is 14. The van der Waals surface area contributed by atoms with Gasteiger partial charge in [0, 0.05) is 34.1 Å². The Balaban J connectivity index is 1.07. The Bertz CT molecular complexity index is 2220. The predicted octanol–water partition coefficient (Wildman–Crippen LogP) is 15.2. The number of aryl methyl sites for hydroxylation is 4. The normalized spacial score (nSPS) is 11.4. The van der Waals surface area contributed by atoms with Crippen LogP contribution in [0.3, 0.4) is 0 Å². The number of anilines is 6. The zero-order chi connectivity index (χ0) is 38.7. The van der Waals surface area contributed by atoms with Gasteiger partial charge in [0.1, 0.15) is 0 Å². The van der Waals surface area contributed by atoms with E-state index in [1.807, 2.05) is 0 Å². The largest absolute Gasteiger partial charge is 0.310 e. The maximum Gasteiger partial charge on any atom is 0.0464 e. The molecule has 0 aliphatic heterocycles. The van der Waals surface area contributed by atoms with Crippen LogP contribution >= 0.6 is 0 Å². The standard InChI is InChI=1S/C54H52N2/c1-5-45-30-36-53(39-47(45)7-3)55(49-18-11-9-12-19-49)51-32-26-41(27-33-51)22-24-43-16-15-17-44(38-43)25-23-42-28-34-52(35-29-42)56(50-20-13-10-14-21-50)54-37-31-46(6-2)48(8-4)40-54/h9-40H,5-8H2,1-4H3. The molecule has 0 saturated carbocycles. The molecule has 0 saturated heterocycles. The summed E-state index contributed by atoms with van der Waals surface area (Å²) in [5.74, 6) is 0. The first-order valence-corrected chi connectivity index (χ1v) is 20.2. The van der Waals surface area contributed by atoms with Gasteiger partial charge in [-0.1, -0.05) is 143 Å². The Morgan fingerprint density at radius 3 is 1.00 bits per heavy atom. The van der Waals surface area contributed by atoms with Crippen LogP contribution < -0.4 is 9.80 Å². The quantitative estimate of drug-likeness (QED) is 0.103. The lowest BCUT2D eigenvalue weighted by molar-refractivity contribution is 1.03. The van der Waals surface area contributed by atoms with Crippen LogP contribution in [0.4, 0.5) is 34.1 Å².